The molecule has 0 fully saturated rings. The second-order valence-electron chi connectivity index (χ2n) is 7.03. The number of benzene rings is 3. The Morgan fingerprint density at radius 3 is 2.53 bits per heavy atom. The Hall–Kier alpha value is -3.64. The number of amides is 2. The maximum atomic E-state index is 13.6. The third-order valence-electron chi connectivity index (χ3n) is 4.73. The van der Waals surface area contributed by atoms with Crippen molar-refractivity contribution >= 4 is 23.4 Å². The van der Waals surface area contributed by atoms with E-state index in [-0.39, 0.29) is 30.7 Å². The molecule has 0 spiro atoms. The molecule has 0 aromatic heterocycles. The summed E-state index contributed by atoms with van der Waals surface area (Å²) in [5.41, 5.74) is 2.28. The predicted molar refractivity (Wildman–Crippen MR) is 122 cm³/mol. The van der Waals surface area contributed by atoms with E-state index in [0.29, 0.717) is 38.8 Å². The van der Waals surface area contributed by atoms with E-state index in [2.05, 4.69) is 17.2 Å². The minimum absolute atomic E-state index is 0.179. The van der Waals surface area contributed by atoms with Crippen LogP contribution in [0.3, 0.4) is 0 Å². The van der Waals surface area contributed by atoms with Crippen molar-refractivity contribution in [3.8, 4) is 11.5 Å². The van der Waals surface area contributed by atoms with Crippen molar-refractivity contribution in [3.63, 3.8) is 0 Å². The molecule has 0 atom stereocenters. The highest BCUT2D eigenvalue weighted by Crippen LogP contribution is 2.29. The quantitative estimate of drug-likeness (QED) is 0.455. The fourth-order valence-corrected chi connectivity index (χ4v) is 3.16. The third-order valence-corrected chi connectivity index (χ3v) is 4.96. The van der Waals surface area contributed by atoms with Crippen LogP contribution >= 0.6 is 11.6 Å². The van der Waals surface area contributed by atoms with Gasteiger partial charge in [0.1, 0.15) is 17.3 Å². The molecule has 7 heteroatoms. The van der Waals surface area contributed by atoms with Crippen LogP contribution in [-0.2, 0) is 17.9 Å². The molecule has 5 nitrogen and oxygen atoms in total. The van der Waals surface area contributed by atoms with Crippen LogP contribution in [0.1, 0.15) is 27.0 Å². The summed E-state index contributed by atoms with van der Waals surface area (Å²) in [6, 6.07) is 16.5. The molecule has 2 amide bonds. The number of aryl methyl sites for hydroxylation is 1. The second kappa shape index (κ2) is 10.6. The van der Waals surface area contributed by atoms with Crippen molar-refractivity contribution < 1.29 is 18.7 Å². The fraction of sp³-hybridized carbons (Fsp3) is 0.120. The third kappa shape index (κ3) is 5.95. The molecule has 3 rings (SSSR count). The van der Waals surface area contributed by atoms with Crippen molar-refractivity contribution in [3.05, 3.63) is 106 Å². The summed E-state index contributed by atoms with van der Waals surface area (Å²) in [5, 5.41) is 6.01. The van der Waals surface area contributed by atoms with Gasteiger partial charge in [0.15, 0.2) is 0 Å². The zero-order chi connectivity index (χ0) is 23.1. The van der Waals surface area contributed by atoms with Gasteiger partial charge in [0.2, 0.25) is 5.91 Å². The lowest BCUT2D eigenvalue weighted by Gasteiger charge is -2.14. The van der Waals surface area contributed by atoms with Crippen LogP contribution in [0.4, 0.5) is 4.39 Å². The normalized spacial score (nSPS) is 10.3. The molecule has 0 aliphatic rings. The van der Waals surface area contributed by atoms with E-state index in [0.717, 1.165) is 0 Å². The molecule has 0 bridgehead atoms. The first-order valence-electron chi connectivity index (χ1n) is 9.86. The standard InChI is InChI=1S/C25H22ClFN2O3/c1-3-24(30)28-14-17-6-4-5-7-21(17)25(31)29-15-18-8-9-19(26)13-23(18)32-20-10-11-22(27)16(2)12-20/h3-13H,1,14-15H2,2H3,(H,28,30)(H,29,31). The fourth-order valence-electron chi connectivity index (χ4n) is 3.00. The molecule has 0 saturated heterocycles. The Morgan fingerprint density at radius 2 is 1.78 bits per heavy atom. The van der Waals surface area contributed by atoms with Crippen molar-refractivity contribution in [2.75, 3.05) is 0 Å². The summed E-state index contributed by atoms with van der Waals surface area (Å²) < 4.78 is 19.5. The summed E-state index contributed by atoms with van der Waals surface area (Å²) in [6.45, 7) is 5.45. The number of hydrogen-bond acceptors (Lipinski definition) is 3. The SMILES string of the molecule is C=CC(=O)NCc1ccccc1C(=O)NCc1ccc(Cl)cc1Oc1ccc(F)c(C)c1. The van der Waals surface area contributed by atoms with Crippen molar-refractivity contribution in [1.29, 1.82) is 0 Å². The van der Waals surface area contributed by atoms with Gasteiger partial charge in [-0.05, 0) is 60.5 Å². The van der Waals surface area contributed by atoms with Crippen LogP contribution in [-0.4, -0.2) is 11.8 Å². The van der Waals surface area contributed by atoms with Crippen LogP contribution in [0.2, 0.25) is 5.02 Å². The van der Waals surface area contributed by atoms with E-state index in [1.54, 1.807) is 55.5 Å². The van der Waals surface area contributed by atoms with E-state index in [4.69, 9.17) is 16.3 Å². The number of carbonyl (C=O) groups excluding carboxylic acids is 2. The minimum Gasteiger partial charge on any atom is -0.457 e. The van der Waals surface area contributed by atoms with E-state index in [9.17, 15) is 14.0 Å². The summed E-state index contributed by atoms with van der Waals surface area (Å²) in [6.07, 6.45) is 1.17. The number of ether oxygens (including phenoxy) is 1. The predicted octanol–water partition coefficient (Wildman–Crippen LogP) is 5.31. The topological polar surface area (TPSA) is 67.4 Å². The van der Waals surface area contributed by atoms with Crippen LogP contribution in [0.15, 0.2) is 73.3 Å². The van der Waals surface area contributed by atoms with Crippen molar-refractivity contribution in [1.82, 2.24) is 10.6 Å². The largest absolute Gasteiger partial charge is 0.457 e. The van der Waals surface area contributed by atoms with E-state index in [1.807, 2.05) is 0 Å². The molecular formula is C25H22ClFN2O3. The van der Waals surface area contributed by atoms with Gasteiger partial charge in [-0.3, -0.25) is 9.59 Å². The molecule has 2 N–H and O–H groups in total. The van der Waals surface area contributed by atoms with Gasteiger partial charge in [-0.1, -0.05) is 42.4 Å². The van der Waals surface area contributed by atoms with Gasteiger partial charge in [-0.25, -0.2) is 4.39 Å². The lowest BCUT2D eigenvalue weighted by Crippen LogP contribution is -2.26. The Labute approximate surface area is 190 Å². The Morgan fingerprint density at radius 1 is 1.03 bits per heavy atom. The van der Waals surface area contributed by atoms with E-state index < -0.39 is 0 Å². The summed E-state index contributed by atoms with van der Waals surface area (Å²) in [7, 11) is 0. The monoisotopic (exact) mass is 452 g/mol. The van der Waals surface area contributed by atoms with Gasteiger partial charge in [0.05, 0.1) is 0 Å². The number of halogens is 2. The molecular weight excluding hydrogens is 431 g/mol. The number of rotatable bonds is 8. The molecule has 3 aromatic rings. The first-order chi connectivity index (χ1) is 15.4. The summed E-state index contributed by atoms with van der Waals surface area (Å²) in [4.78, 5) is 24.3. The van der Waals surface area contributed by atoms with Crippen LogP contribution in [0.5, 0.6) is 11.5 Å². The Bertz CT molecular complexity index is 1160. The van der Waals surface area contributed by atoms with Crippen molar-refractivity contribution in [2.24, 2.45) is 0 Å². The number of carbonyl (C=O) groups is 2. The van der Waals surface area contributed by atoms with Crippen molar-refractivity contribution in [2.45, 2.75) is 20.0 Å². The van der Waals surface area contributed by atoms with Crippen LogP contribution in [0.25, 0.3) is 0 Å². The lowest BCUT2D eigenvalue weighted by molar-refractivity contribution is -0.116. The average Bonchev–Trinajstić information content (AvgIpc) is 2.79. The summed E-state index contributed by atoms with van der Waals surface area (Å²) in [5.74, 6) is -0.0255. The first-order valence-corrected chi connectivity index (χ1v) is 10.2. The molecule has 3 aromatic carbocycles. The van der Waals surface area contributed by atoms with Gasteiger partial charge >= 0.3 is 0 Å². The molecule has 0 unspecified atom stereocenters. The molecule has 164 valence electrons. The highest BCUT2D eigenvalue weighted by atomic mass is 35.5. The average molecular weight is 453 g/mol. The molecule has 0 radical (unpaired) electrons. The smallest absolute Gasteiger partial charge is 0.251 e. The Balaban J connectivity index is 1.75. The van der Waals surface area contributed by atoms with E-state index >= 15 is 0 Å². The molecule has 0 aliphatic carbocycles. The highest BCUT2D eigenvalue weighted by Gasteiger charge is 2.13. The minimum atomic E-state index is -0.320. The van der Waals surface area contributed by atoms with Gasteiger partial charge < -0.3 is 15.4 Å². The maximum absolute atomic E-state index is 13.6. The molecule has 0 saturated carbocycles. The molecule has 0 heterocycles. The zero-order valence-corrected chi connectivity index (χ0v) is 18.2. The van der Waals surface area contributed by atoms with Crippen LogP contribution < -0.4 is 15.4 Å². The van der Waals surface area contributed by atoms with Crippen LogP contribution in [0, 0.1) is 12.7 Å². The number of hydrogen-bond donors (Lipinski definition) is 2. The number of nitrogens with one attached hydrogen (secondary N) is 2. The van der Waals surface area contributed by atoms with Gasteiger partial charge in [-0.15, -0.1) is 0 Å². The van der Waals surface area contributed by atoms with E-state index in [1.165, 1.54) is 18.2 Å². The van der Waals surface area contributed by atoms with Gasteiger partial charge in [0.25, 0.3) is 5.91 Å². The molecule has 32 heavy (non-hydrogen) atoms. The molecule has 0 aliphatic heterocycles. The summed E-state index contributed by atoms with van der Waals surface area (Å²) >= 11 is 6.12. The van der Waals surface area contributed by atoms with Gasteiger partial charge in [0, 0.05) is 29.2 Å². The second-order valence-corrected chi connectivity index (χ2v) is 7.46. The zero-order valence-electron chi connectivity index (χ0n) is 17.5. The van der Waals surface area contributed by atoms with Gasteiger partial charge in [-0.2, -0.15) is 0 Å². The first kappa shape index (κ1) is 23.0. The maximum Gasteiger partial charge on any atom is 0.251 e. The Kier molecular flexibility index (Phi) is 7.63. The highest BCUT2D eigenvalue weighted by molar-refractivity contribution is 6.30. The lowest BCUT2D eigenvalue weighted by atomic mass is 10.1.